The van der Waals surface area contributed by atoms with Crippen LogP contribution in [0.5, 0.6) is 0 Å². The van der Waals surface area contributed by atoms with Crippen molar-refractivity contribution in [3.8, 4) is 6.07 Å². The Labute approximate surface area is 89.9 Å². The smallest absolute Gasteiger partial charge is 0.215 e. The molecule has 0 aliphatic carbocycles. The molecule has 2 rings (SSSR count). The molecule has 0 saturated heterocycles. The first-order chi connectivity index (χ1) is 7.29. The summed E-state index contributed by atoms with van der Waals surface area (Å²) in [6.45, 7) is 0. The minimum absolute atomic E-state index is 0.572. The molecule has 2 aromatic heterocycles. The fourth-order valence-corrected chi connectivity index (χ4v) is 1.67. The van der Waals surface area contributed by atoms with Gasteiger partial charge >= 0.3 is 0 Å². The number of nitriles is 1. The SMILES string of the molecule is Cn1nnnc1Sc1cc(C#N)ccn1. The zero-order chi connectivity index (χ0) is 10.7. The van der Waals surface area contributed by atoms with Gasteiger partial charge in [0.1, 0.15) is 5.03 Å². The lowest BCUT2D eigenvalue weighted by molar-refractivity contribution is 0.664. The molecule has 0 aliphatic heterocycles. The van der Waals surface area contributed by atoms with E-state index in [1.807, 2.05) is 6.07 Å². The van der Waals surface area contributed by atoms with E-state index < -0.39 is 0 Å². The Balaban J connectivity index is 2.25. The van der Waals surface area contributed by atoms with Gasteiger partial charge in [0, 0.05) is 13.2 Å². The Morgan fingerprint density at radius 2 is 2.40 bits per heavy atom. The van der Waals surface area contributed by atoms with Crippen LogP contribution in [0.15, 0.2) is 28.5 Å². The third-order valence-corrected chi connectivity index (χ3v) is 2.60. The molecule has 0 radical (unpaired) electrons. The Kier molecular flexibility index (Phi) is 2.60. The second-order valence-corrected chi connectivity index (χ2v) is 3.67. The van der Waals surface area contributed by atoms with Crippen LogP contribution in [0.1, 0.15) is 5.56 Å². The van der Waals surface area contributed by atoms with Gasteiger partial charge in [-0.1, -0.05) is 0 Å². The third kappa shape index (κ3) is 2.11. The van der Waals surface area contributed by atoms with Gasteiger partial charge in [0.25, 0.3) is 0 Å². The van der Waals surface area contributed by atoms with Crippen molar-refractivity contribution >= 4 is 11.8 Å². The molecule has 7 heteroatoms. The van der Waals surface area contributed by atoms with Crippen molar-refractivity contribution < 1.29 is 0 Å². The molecule has 0 atom stereocenters. The van der Waals surface area contributed by atoms with E-state index in [2.05, 4.69) is 20.5 Å². The topological polar surface area (TPSA) is 80.3 Å². The van der Waals surface area contributed by atoms with Gasteiger partial charge in [0.15, 0.2) is 0 Å². The van der Waals surface area contributed by atoms with E-state index in [1.165, 1.54) is 11.8 Å². The highest BCUT2D eigenvalue weighted by Crippen LogP contribution is 2.22. The Morgan fingerprint density at radius 3 is 3.07 bits per heavy atom. The van der Waals surface area contributed by atoms with Crippen molar-refractivity contribution in [2.45, 2.75) is 10.2 Å². The Bertz CT molecular complexity index is 514. The molecule has 0 amide bonds. The maximum Gasteiger partial charge on any atom is 0.215 e. The van der Waals surface area contributed by atoms with Crippen molar-refractivity contribution in [3.63, 3.8) is 0 Å². The Morgan fingerprint density at radius 1 is 1.53 bits per heavy atom. The van der Waals surface area contributed by atoms with Crippen molar-refractivity contribution in [2.75, 3.05) is 0 Å². The molecule has 0 aliphatic rings. The van der Waals surface area contributed by atoms with E-state index in [4.69, 9.17) is 5.26 Å². The summed E-state index contributed by atoms with van der Waals surface area (Å²) in [6, 6.07) is 5.40. The summed E-state index contributed by atoms with van der Waals surface area (Å²) < 4.78 is 1.55. The molecule has 0 N–H and O–H groups in total. The fraction of sp³-hybridized carbons (Fsp3) is 0.125. The highest BCUT2D eigenvalue weighted by molar-refractivity contribution is 7.99. The average Bonchev–Trinajstić information content (AvgIpc) is 2.65. The zero-order valence-electron chi connectivity index (χ0n) is 7.82. The first-order valence-corrected chi connectivity index (χ1v) is 4.87. The van der Waals surface area contributed by atoms with E-state index in [9.17, 15) is 0 Å². The van der Waals surface area contributed by atoms with Crippen LogP contribution in [0, 0.1) is 11.3 Å². The lowest BCUT2D eigenvalue weighted by atomic mass is 10.3. The van der Waals surface area contributed by atoms with Gasteiger partial charge < -0.3 is 0 Å². The van der Waals surface area contributed by atoms with Gasteiger partial charge in [-0.25, -0.2) is 9.67 Å². The number of pyridine rings is 1. The van der Waals surface area contributed by atoms with Gasteiger partial charge in [0.05, 0.1) is 11.6 Å². The minimum Gasteiger partial charge on any atom is -0.249 e. The monoisotopic (exact) mass is 218 g/mol. The van der Waals surface area contributed by atoms with Crippen molar-refractivity contribution in [2.24, 2.45) is 7.05 Å². The van der Waals surface area contributed by atoms with Gasteiger partial charge in [-0.2, -0.15) is 5.26 Å². The Hall–Kier alpha value is -1.94. The molecule has 0 bridgehead atoms. The largest absolute Gasteiger partial charge is 0.249 e. The van der Waals surface area contributed by atoms with Crippen LogP contribution >= 0.6 is 11.8 Å². The molecule has 15 heavy (non-hydrogen) atoms. The summed E-state index contributed by atoms with van der Waals surface area (Å²) >= 11 is 1.32. The second-order valence-electron chi connectivity index (χ2n) is 2.68. The van der Waals surface area contributed by atoms with Gasteiger partial charge in [-0.3, -0.25) is 0 Å². The maximum absolute atomic E-state index is 8.71. The van der Waals surface area contributed by atoms with E-state index in [-0.39, 0.29) is 0 Å². The summed E-state index contributed by atoms with van der Waals surface area (Å²) in [5, 5.41) is 21.1. The summed E-state index contributed by atoms with van der Waals surface area (Å²) in [7, 11) is 1.75. The van der Waals surface area contributed by atoms with Crippen LogP contribution in [-0.4, -0.2) is 25.2 Å². The molecular weight excluding hydrogens is 212 g/mol. The van der Waals surface area contributed by atoms with Crippen molar-refractivity contribution in [3.05, 3.63) is 23.9 Å². The summed E-state index contributed by atoms with van der Waals surface area (Å²) in [5.41, 5.74) is 0.572. The van der Waals surface area contributed by atoms with Crippen LogP contribution in [0.2, 0.25) is 0 Å². The lowest BCUT2D eigenvalue weighted by Crippen LogP contribution is -1.93. The molecule has 0 fully saturated rings. The zero-order valence-corrected chi connectivity index (χ0v) is 8.64. The molecule has 6 nitrogen and oxygen atoms in total. The normalized spacial score (nSPS) is 9.87. The van der Waals surface area contributed by atoms with Crippen molar-refractivity contribution in [1.82, 2.24) is 25.2 Å². The van der Waals surface area contributed by atoms with E-state index in [1.54, 1.807) is 30.1 Å². The first-order valence-electron chi connectivity index (χ1n) is 4.06. The standard InChI is InChI=1S/C8H6N6S/c1-14-8(11-12-13-14)15-7-4-6(5-9)2-3-10-7/h2-4H,1H3. The van der Waals surface area contributed by atoms with Crippen LogP contribution in [0.3, 0.4) is 0 Å². The molecule has 0 spiro atoms. The summed E-state index contributed by atoms with van der Waals surface area (Å²) in [6.07, 6.45) is 1.59. The highest BCUT2D eigenvalue weighted by Gasteiger charge is 2.06. The number of nitrogens with zero attached hydrogens (tertiary/aromatic N) is 6. The average molecular weight is 218 g/mol. The molecule has 0 saturated carbocycles. The predicted octanol–water partition coefficient (Wildman–Crippen LogP) is 0.628. The number of aromatic nitrogens is 5. The van der Waals surface area contributed by atoms with Crippen LogP contribution < -0.4 is 0 Å². The number of hydrogen-bond acceptors (Lipinski definition) is 6. The summed E-state index contributed by atoms with van der Waals surface area (Å²) in [5.74, 6) is 0. The quantitative estimate of drug-likeness (QED) is 0.735. The maximum atomic E-state index is 8.71. The molecule has 2 heterocycles. The molecule has 0 unspecified atom stereocenters. The van der Waals surface area contributed by atoms with Gasteiger partial charge in [-0.15, -0.1) is 5.10 Å². The van der Waals surface area contributed by atoms with Crippen molar-refractivity contribution in [1.29, 1.82) is 5.26 Å². The summed E-state index contributed by atoms with van der Waals surface area (Å²) in [4.78, 5) is 4.11. The van der Waals surface area contributed by atoms with E-state index in [0.717, 1.165) is 0 Å². The second kappa shape index (κ2) is 4.06. The van der Waals surface area contributed by atoms with Crippen LogP contribution in [-0.2, 0) is 7.05 Å². The molecular formula is C8H6N6S. The number of aryl methyl sites for hydroxylation is 1. The number of tetrazole rings is 1. The molecule has 74 valence electrons. The third-order valence-electron chi connectivity index (χ3n) is 1.64. The van der Waals surface area contributed by atoms with Gasteiger partial charge in [0.2, 0.25) is 5.16 Å². The predicted molar refractivity (Wildman–Crippen MR) is 51.9 cm³/mol. The number of rotatable bonds is 2. The number of hydrogen-bond donors (Lipinski definition) is 0. The lowest BCUT2D eigenvalue weighted by Gasteiger charge is -1.97. The minimum atomic E-state index is 0.572. The van der Waals surface area contributed by atoms with Gasteiger partial charge in [-0.05, 0) is 34.3 Å². The van der Waals surface area contributed by atoms with E-state index >= 15 is 0 Å². The van der Waals surface area contributed by atoms with Crippen LogP contribution in [0.25, 0.3) is 0 Å². The molecule has 2 aromatic rings. The molecule has 0 aromatic carbocycles. The first kappa shape index (κ1) is 9.61. The van der Waals surface area contributed by atoms with E-state index in [0.29, 0.717) is 15.7 Å². The fourth-order valence-electron chi connectivity index (χ4n) is 0.936. The van der Waals surface area contributed by atoms with Crippen LogP contribution in [0.4, 0.5) is 0 Å². The highest BCUT2D eigenvalue weighted by atomic mass is 32.2.